The second-order valence-electron chi connectivity index (χ2n) is 7.95. The van der Waals surface area contributed by atoms with Gasteiger partial charge in [-0.1, -0.05) is 0 Å². The second kappa shape index (κ2) is 6.70. The molecule has 0 aliphatic carbocycles. The van der Waals surface area contributed by atoms with E-state index in [1.165, 1.54) is 0 Å². The van der Waals surface area contributed by atoms with Crippen LogP contribution in [0.25, 0.3) is 0 Å². The van der Waals surface area contributed by atoms with Crippen molar-refractivity contribution in [3.63, 3.8) is 0 Å². The van der Waals surface area contributed by atoms with E-state index in [0.717, 1.165) is 23.7 Å². The number of rotatable bonds is 2. The average Bonchev–Trinajstić information content (AvgIpc) is 2.90. The Balaban J connectivity index is 1.61. The standard InChI is InChI=1S/C20H24N4O4/c1-11-9-23(10-12(2)22(11)3)13-4-5-14-15(8-13)20(28)24(19(14)27)16-6-7-17(25)21-18(16)26/h4-5,8,11-12,16H,6-7,9-10H2,1-3H3,(H,21,25,26)/t11-,12+,16?. The molecule has 2 saturated heterocycles. The van der Waals surface area contributed by atoms with Crippen LogP contribution in [0.4, 0.5) is 5.69 Å². The molecular weight excluding hydrogens is 360 g/mol. The van der Waals surface area contributed by atoms with Crippen LogP contribution < -0.4 is 10.2 Å². The lowest BCUT2D eigenvalue weighted by Gasteiger charge is -2.43. The van der Waals surface area contributed by atoms with Crippen LogP contribution in [0.2, 0.25) is 0 Å². The summed E-state index contributed by atoms with van der Waals surface area (Å²) in [5.41, 5.74) is 1.54. The molecule has 3 atom stereocenters. The van der Waals surface area contributed by atoms with E-state index in [4.69, 9.17) is 0 Å². The Morgan fingerprint density at radius 2 is 1.61 bits per heavy atom. The number of hydrogen-bond acceptors (Lipinski definition) is 6. The van der Waals surface area contributed by atoms with Gasteiger partial charge in [-0.15, -0.1) is 0 Å². The normalized spacial score (nSPS) is 28.6. The van der Waals surface area contributed by atoms with Gasteiger partial charge in [0.15, 0.2) is 0 Å². The predicted molar refractivity (Wildman–Crippen MR) is 102 cm³/mol. The molecule has 3 aliphatic heterocycles. The lowest BCUT2D eigenvalue weighted by molar-refractivity contribution is -0.136. The molecule has 3 heterocycles. The Hall–Kier alpha value is -2.74. The fourth-order valence-electron chi connectivity index (χ4n) is 4.27. The summed E-state index contributed by atoms with van der Waals surface area (Å²) < 4.78 is 0. The number of nitrogens with one attached hydrogen (secondary N) is 1. The highest BCUT2D eigenvalue weighted by Gasteiger charge is 2.44. The molecule has 1 unspecified atom stereocenters. The molecule has 0 radical (unpaired) electrons. The number of carbonyl (C=O) groups excluding carboxylic acids is 4. The van der Waals surface area contributed by atoms with Gasteiger partial charge in [-0.25, -0.2) is 0 Å². The molecular formula is C20H24N4O4. The van der Waals surface area contributed by atoms with Crippen molar-refractivity contribution < 1.29 is 19.2 Å². The molecule has 1 aromatic rings. The number of hydrogen-bond donors (Lipinski definition) is 1. The maximum Gasteiger partial charge on any atom is 0.262 e. The smallest absolute Gasteiger partial charge is 0.262 e. The Morgan fingerprint density at radius 1 is 0.964 bits per heavy atom. The molecule has 0 aromatic heterocycles. The molecule has 0 spiro atoms. The molecule has 2 fully saturated rings. The fraction of sp³-hybridized carbons (Fsp3) is 0.500. The van der Waals surface area contributed by atoms with Crippen LogP contribution >= 0.6 is 0 Å². The minimum atomic E-state index is -0.933. The van der Waals surface area contributed by atoms with Crippen LogP contribution in [0.3, 0.4) is 0 Å². The number of imide groups is 2. The zero-order chi connectivity index (χ0) is 20.2. The number of carbonyl (C=O) groups is 4. The molecule has 148 valence electrons. The first-order chi connectivity index (χ1) is 13.3. The van der Waals surface area contributed by atoms with E-state index in [0.29, 0.717) is 23.2 Å². The highest BCUT2D eigenvalue weighted by atomic mass is 16.2. The third-order valence-electron chi connectivity index (χ3n) is 6.15. The van der Waals surface area contributed by atoms with Crippen molar-refractivity contribution in [3.8, 4) is 0 Å². The van der Waals surface area contributed by atoms with Crippen molar-refractivity contribution in [2.24, 2.45) is 0 Å². The molecule has 8 nitrogen and oxygen atoms in total. The number of anilines is 1. The number of amides is 4. The summed E-state index contributed by atoms with van der Waals surface area (Å²) in [6.07, 6.45) is 0.280. The first-order valence-electron chi connectivity index (χ1n) is 9.60. The van der Waals surface area contributed by atoms with Gasteiger partial charge in [0, 0.05) is 37.3 Å². The summed E-state index contributed by atoms with van der Waals surface area (Å²) in [6.45, 7) is 5.99. The van der Waals surface area contributed by atoms with Gasteiger partial charge in [0.05, 0.1) is 11.1 Å². The SMILES string of the molecule is C[C@@H]1CN(c2ccc3c(c2)C(=O)N(C2CCC(=O)NC2=O)C3=O)C[C@H](C)N1C. The Morgan fingerprint density at radius 3 is 2.25 bits per heavy atom. The maximum absolute atomic E-state index is 13.0. The van der Waals surface area contributed by atoms with E-state index in [-0.39, 0.29) is 18.7 Å². The zero-order valence-electron chi connectivity index (χ0n) is 16.3. The van der Waals surface area contributed by atoms with E-state index in [1.54, 1.807) is 12.1 Å². The van der Waals surface area contributed by atoms with E-state index in [2.05, 4.69) is 36.0 Å². The van der Waals surface area contributed by atoms with Crippen molar-refractivity contribution in [3.05, 3.63) is 29.3 Å². The summed E-state index contributed by atoms with van der Waals surface area (Å²) in [5.74, 6) is -1.90. The molecule has 0 saturated carbocycles. The topological polar surface area (TPSA) is 90.0 Å². The Kier molecular flexibility index (Phi) is 4.45. The average molecular weight is 384 g/mol. The number of fused-ring (bicyclic) bond motifs is 1. The first kappa shape index (κ1) is 18.6. The minimum Gasteiger partial charge on any atom is -0.368 e. The first-order valence-corrected chi connectivity index (χ1v) is 9.60. The number of piperazine rings is 1. The largest absolute Gasteiger partial charge is 0.368 e. The highest BCUT2D eigenvalue weighted by Crippen LogP contribution is 2.31. The lowest BCUT2D eigenvalue weighted by atomic mass is 10.0. The van der Waals surface area contributed by atoms with Gasteiger partial charge in [-0.05, 0) is 45.5 Å². The summed E-state index contributed by atoms with van der Waals surface area (Å²) in [7, 11) is 2.11. The maximum atomic E-state index is 13.0. The third kappa shape index (κ3) is 2.88. The van der Waals surface area contributed by atoms with Crippen LogP contribution in [0.5, 0.6) is 0 Å². The molecule has 3 aliphatic rings. The zero-order valence-corrected chi connectivity index (χ0v) is 16.3. The third-order valence-corrected chi connectivity index (χ3v) is 6.15. The molecule has 4 amide bonds. The number of piperidine rings is 1. The van der Waals surface area contributed by atoms with Crippen LogP contribution in [0, 0.1) is 0 Å². The van der Waals surface area contributed by atoms with Gasteiger partial charge >= 0.3 is 0 Å². The van der Waals surface area contributed by atoms with Gasteiger partial charge in [0.2, 0.25) is 11.8 Å². The molecule has 1 aromatic carbocycles. The van der Waals surface area contributed by atoms with Crippen LogP contribution in [0.15, 0.2) is 18.2 Å². The van der Waals surface area contributed by atoms with E-state index < -0.39 is 23.8 Å². The quantitative estimate of drug-likeness (QED) is 0.752. The highest BCUT2D eigenvalue weighted by molar-refractivity contribution is 6.23. The van der Waals surface area contributed by atoms with Gasteiger partial charge in [-0.3, -0.25) is 34.3 Å². The summed E-state index contributed by atoms with van der Waals surface area (Å²) in [5, 5.41) is 2.21. The Bertz CT molecular complexity index is 871. The van der Waals surface area contributed by atoms with E-state index in [9.17, 15) is 19.2 Å². The molecule has 8 heteroatoms. The fourth-order valence-corrected chi connectivity index (χ4v) is 4.27. The summed E-state index contributed by atoms with van der Waals surface area (Å²) >= 11 is 0. The van der Waals surface area contributed by atoms with Crippen molar-refractivity contribution in [2.45, 2.75) is 44.8 Å². The predicted octanol–water partition coefficient (Wildman–Crippen LogP) is 0.617. The molecule has 1 N–H and O–H groups in total. The van der Waals surface area contributed by atoms with Gasteiger partial charge in [0.25, 0.3) is 11.8 Å². The monoisotopic (exact) mass is 384 g/mol. The number of nitrogens with zero attached hydrogens (tertiary/aromatic N) is 3. The van der Waals surface area contributed by atoms with Crippen LogP contribution in [-0.4, -0.2) is 71.7 Å². The minimum absolute atomic E-state index is 0.117. The van der Waals surface area contributed by atoms with Crippen molar-refractivity contribution >= 4 is 29.3 Å². The molecule has 28 heavy (non-hydrogen) atoms. The lowest BCUT2D eigenvalue weighted by Crippen LogP contribution is -2.55. The van der Waals surface area contributed by atoms with Crippen molar-refractivity contribution in [1.29, 1.82) is 0 Å². The summed E-state index contributed by atoms with van der Waals surface area (Å²) in [4.78, 5) is 54.8. The summed E-state index contributed by atoms with van der Waals surface area (Å²) in [6, 6.07) is 5.10. The molecule has 0 bridgehead atoms. The number of benzene rings is 1. The van der Waals surface area contributed by atoms with E-state index in [1.807, 2.05) is 6.07 Å². The Labute approximate surface area is 163 Å². The van der Waals surface area contributed by atoms with Gasteiger partial charge < -0.3 is 4.90 Å². The number of likely N-dealkylation sites (N-methyl/N-ethyl adjacent to an activating group) is 1. The van der Waals surface area contributed by atoms with Gasteiger partial charge in [0.1, 0.15) is 6.04 Å². The van der Waals surface area contributed by atoms with Gasteiger partial charge in [-0.2, -0.15) is 0 Å². The van der Waals surface area contributed by atoms with E-state index >= 15 is 0 Å². The van der Waals surface area contributed by atoms with Crippen molar-refractivity contribution in [1.82, 2.24) is 15.1 Å². The van der Waals surface area contributed by atoms with Crippen LogP contribution in [0.1, 0.15) is 47.4 Å². The van der Waals surface area contributed by atoms with Crippen molar-refractivity contribution in [2.75, 3.05) is 25.0 Å². The van der Waals surface area contributed by atoms with Crippen LogP contribution in [-0.2, 0) is 9.59 Å². The second-order valence-corrected chi connectivity index (χ2v) is 7.95. The molecule has 4 rings (SSSR count).